The molecule has 3 amide bonds. The first-order valence-electron chi connectivity index (χ1n) is 9.24. The molecule has 3 rings (SSSR count). The summed E-state index contributed by atoms with van der Waals surface area (Å²) >= 11 is 0. The van der Waals surface area contributed by atoms with Gasteiger partial charge in [-0.15, -0.1) is 0 Å². The molecule has 0 aliphatic carbocycles. The quantitative estimate of drug-likeness (QED) is 0.812. The van der Waals surface area contributed by atoms with Gasteiger partial charge in [0.2, 0.25) is 0 Å². The summed E-state index contributed by atoms with van der Waals surface area (Å²) in [5, 5.41) is 5.48. The molecule has 2 aromatic rings. The molecule has 1 aliphatic rings. The molecular formula is C20H21F3N4O2. The third-order valence-corrected chi connectivity index (χ3v) is 4.74. The molecule has 1 saturated heterocycles. The van der Waals surface area contributed by atoms with Crippen molar-refractivity contribution in [3.63, 3.8) is 0 Å². The van der Waals surface area contributed by atoms with Crippen LogP contribution in [0.25, 0.3) is 0 Å². The third-order valence-electron chi connectivity index (χ3n) is 4.74. The van der Waals surface area contributed by atoms with E-state index in [-0.39, 0.29) is 17.9 Å². The van der Waals surface area contributed by atoms with E-state index in [1.54, 1.807) is 23.2 Å². The van der Waals surface area contributed by atoms with Crippen LogP contribution in [-0.4, -0.2) is 41.5 Å². The number of benzene rings is 1. The van der Waals surface area contributed by atoms with Gasteiger partial charge in [-0.05, 0) is 55.2 Å². The van der Waals surface area contributed by atoms with Gasteiger partial charge >= 0.3 is 12.2 Å². The van der Waals surface area contributed by atoms with Crippen LogP contribution in [0.1, 0.15) is 28.8 Å². The molecule has 154 valence electrons. The summed E-state index contributed by atoms with van der Waals surface area (Å²) < 4.78 is 37.9. The lowest BCUT2D eigenvalue weighted by molar-refractivity contribution is -0.137. The van der Waals surface area contributed by atoms with E-state index in [2.05, 4.69) is 15.6 Å². The number of aromatic nitrogens is 1. The Balaban J connectivity index is 1.50. The van der Waals surface area contributed by atoms with Crippen molar-refractivity contribution in [3.05, 3.63) is 59.9 Å². The number of hydrogen-bond acceptors (Lipinski definition) is 3. The summed E-state index contributed by atoms with van der Waals surface area (Å²) in [5.41, 5.74) is 0.00751. The smallest absolute Gasteiger partial charge is 0.352 e. The maximum Gasteiger partial charge on any atom is 0.416 e. The van der Waals surface area contributed by atoms with Crippen LogP contribution in [0.15, 0.2) is 48.8 Å². The molecule has 1 aliphatic heterocycles. The number of anilines is 1. The fourth-order valence-electron chi connectivity index (χ4n) is 3.20. The van der Waals surface area contributed by atoms with E-state index < -0.39 is 11.7 Å². The van der Waals surface area contributed by atoms with Crippen molar-refractivity contribution >= 4 is 17.6 Å². The number of carbonyl (C=O) groups excluding carboxylic acids is 2. The first kappa shape index (κ1) is 20.6. The van der Waals surface area contributed by atoms with E-state index in [1.807, 2.05) is 0 Å². The van der Waals surface area contributed by atoms with Gasteiger partial charge in [0, 0.05) is 37.7 Å². The number of nitrogens with zero attached hydrogens (tertiary/aromatic N) is 2. The molecule has 0 spiro atoms. The van der Waals surface area contributed by atoms with Crippen molar-refractivity contribution in [2.75, 3.05) is 25.0 Å². The number of carbonyl (C=O) groups is 2. The highest BCUT2D eigenvalue weighted by Gasteiger charge is 2.30. The Morgan fingerprint density at radius 3 is 2.59 bits per heavy atom. The summed E-state index contributed by atoms with van der Waals surface area (Å²) in [5.74, 6) is -0.118. The molecule has 1 atom stereocenters. The van der Waals surface area contributed by atoms with E-state index in [9.17, 15) is 22.8 Å². The van der Waals surface area contributed by atoms with E-state index in [1.165, 1.54) is 18.3 Å². The minimum Gasteiger partial charge on any atom is -0.352 e. The molecule has 0 bridgehead atoms. The van der Waals surface area contributed by atoms with Crippen molar-refractivity contribution in [1.29, 1.82) is 0 Å². The number of likely N-dealkylation sites (tertiary alicyclic amines) is 1. The van der Waals surface area contributed by atoms with Crippen molar-refractivity contribution < 1.29 is 22.8 Å². The zero-order valence-corrected chi connectivity index (χ0v) is 15.6. The number of nitrogens with one attached hydrogen (secondary N) is 2. The monoisotopic (exact) mass is 406 g/mol. The second-order valence-electron chi connectivity index (χ2n) is 6.91. The zero-order chi connectivity index (χ0) is 20.9. The number of rotatable bonds is 4. The van der Waals surface area contributed by atoms with Crippen LogP contribution in [-0.2, 0) is 6.18 Å². The zero-order valence-electron chi connectivity index (χ0n) is 15.6. The number of halogens is 3. The highest BCUT2D eigenvalue weighted by atomic mass is 19.4. The maximum absolute atomic E-state index is 12.6. The van der Waals surface area contributed by atoms with Gasteiger partial charge in [-0.2, -0.15) is 13.2 Å². The topological polar surface area (TPSA) is 74.3 Å². The Morgan fingerprint density at radius 1 is 1.17 bits per heavy atom. The molecule has 2 N–H and O–H groups in total. The Morgan fingerprint density at radius 2 is 1.93 bits per heavy atom. The molecule has 0 radical (unpaired) electrons. The molecule has 1 aromatic carbocycles. The predicted octanol–water partition coefficient (Wildman–Crippen LogP) is 3.77. The second kappa shape index (κ2) is 8.93. The number of alkyl halides is 3. The van der Waals surface area contributed by atoms with Crippen molar-refractivity contribution in [1.82, 2.24) is 15.2 Å². The lowest BCUT2D eigenvalue weighted by Gasteiger charge is -2.32. The Kier molecular flexibility index (Phi) is 6.36. The van der Waals surface area contributed by atoms with Crippen LogP contribution in [0, 0.1) is 5.92 Å². The molecule has 2 heterocycles. The number of pyridine rings is 1. The third kappa shape index (κ3) is 5.69. The summed E-state index contributed by atoms with van der Waals surface area (Å²) in [7, 11) is 0. The second-order valence-corrected chi connectivity index (χ2v) is 6.91. The lowest BCUT2D eigenvalue weighted by Crippen LogP contribution is -2.45. The largest absolute Gasteiger partial charge is 0.416 e. The highest BCUT2D eigenvalue weighted by Crippen LogP contribution is 2.30. The van der Waals surface area contributed by atoms with Crippen LogP contribution in [0.3, 0.4) is 0 Å². The average molecular weight is 406 g/mol. The fourth-order valence-corrected chi connectivity index (χ4v) is 3.20. The molecule has 1 aromatic heterocycles. The van der Waals surface area contributed by atoms with Crippen molar-refractivity contribution in [2.24, 2.45) is 5.92 Å². The Bertz CT molecular complexity index is 841. The van der Waals surface area contributed by atoms with Gasteiger partial charge in [0.25, 0.3) is 5.91 Å². The Labute approximate surface area is 166 Å². The van der Waals surface area contributed by atoms with Crippen LogP contribution in [0.5, 0.6) is 0 Å². The number of urea groups is 1. The van der Waals surface area contributed by atoms with E-state index in [0.717, 1.165) is 25.0 Å². The van der Waals surface area contributed by atoms with Crippen molar-refractivity contribution in [3.8, 4) is 0 Å². The average Bonchev–Trinajstić information content (AvgIpc) is 2.72. The predicted molar refractivity (Wildman–Crippen MR) is 101 cm³/mol. The van der Waals surface area contributed by atoms with E-state index in [0.29, 0.717) is 30.9 Å². The van der Waals surface area contributed by atoms with Crippen LogP contribution in [0.2, 0.25) is 0 Å². The van der Waals surface area contributed by atoms with Crippen LogP contribution >= 0.6 is 0 Å². The number of hydrogen-bond donors (Lipinski definition) is 2. The van der Waals surface area contributed by atoms with Crippen LogP contribution < -0.4 is 10.6 Å². The maximum atomic E-state index is 12.6. The van der Waals surface area contributed by atoms with E-state index in [4.69, 9.17) is 0 Å². The molecule has 0 unspecified atom stereocenters. The lowest BCUT2D eigenvalue weighted by atomic mass is 9.98. The van der Waals surface area contributed by atoms with Gasteiger partial charge in [0.05, 0.1) is 11.1 Å². The van der Waals surface area contributed by atoms with E-state index >= 15 is 0 Å². The van der Waals surface area contributed by atoms with Gasteiger partial charge in [-0.1, -0.05) is 0 Å². The fraction of sp³-hybridized carbons (Fsp3) is 0.350. The minimum absolute atomic E-state index is 0.0997. The van der Waals surface area contributed by atoms with Gasteiger partial charge < -0.3 is 15.5 Å². The Hall–Kier alpha value is -3.10. The molecule has 29 heavy (non-hydrogen) atoms. The first-order chi connectivity index (χ1) is 13.8. The summed E-state index contributed by atoms with van der Waals surface area (Å²) in [6.07, 6.45) is 0.319. The number of piperidine rings is 1. The normalized spacial score (nSPS) is 16.9. The van der Waals surface area contributed by atoms with Gasteiger partial charge in [0.15, 0.2) is 0 Å². The minimum atomic E-state index is -4.41. The standard InChI is InChI=1S/C20H21F3N4O2/c21-20(22,23)16-5-7-17(8-6-16)26-19(29)27-10-2-3-14(13-27)11-25-18(28)15-4-1-9-24-12-15/h1,4-9,12,14H,2-3,10-11,13H2,(H,25,28)(H,26,29)/t14-/m0/s1. The SMILES string of the molecule is O=C(NC[C@@H]1CCCN(C(=O)Nc2ccc(C(F)(F)F)cc2)C1)c1cccnc1. The molecular weight excluding hydrogens is 385 g/mol. The summed E-state index contributed by atoms with van der Waals surface area (Å²) in [4.78, 5) is 30.1. The molecule has 0 saturated carbocycles. The molecule has 1 fully saturated rings. The molecule has 6 nitrogen and oxygen atoms in total. The molecule has 9 heteroatoms. The summed E-state index contributed by atoms with van der Waals surface area (Å²) in [6.45, 7) is 1.44. The number of amides is 3. The van der Waals surface area contributed by atoms with Gasteiger partial charge in [0.1, 0.15) is 0 Å². The van der Waals surface area contributed by atoms with Gasteiger partial charge in [-0.25, -0.2) is 4.79 Å². The van der Waals surface area contributed by atoms with Crippen molar-refractivity contribution in [2.45, 2.75) is 19.0 Å². The highest BCUT2D eigenvalue weighted by molar-refractivity contribution is 5.93. The first-order valence-corrected chi connectivity index (χ1v) is 9.24. The van der Waals surface area contributed by atoms with Crippen LogP contribution in [0.4, 0.5) is 23.7 Å². The summed E-state index contributed by atoms with van der Waals surface area (Å²) in [6, 6.07) is 7.32. The van der Waals surface area contributed by atoms with Gasteiger partial charge in [-0.3, -0.25) is 9.78 Å².